The summed E-state index contributed by atoms with van der Waals surface area (Å²) in [7, 11) is 0. The number of hydrogen-bond donors (Lipinski definition) is 1. The fourth-order valence-electron chi connectivity index (χ4n) is 3.10. The zero-order valence-corrected chi connectivity index (χ0v) is 15.4. The normalized spacial score (nSPS) is 11.7. The SMILES string of the molecule is C[C@H](NC(=O)COC(=O)CCc1ccccc1)c1cccc2ccccc12. The van der Waals surface area contributed by atoms with Crippen molar-refractivity contribution in [3.8, 4) is 0 Å². The Kier molecular flexibility index (Phi) is 6.21. The highest BCUT2D eigenvalue weighted by atomic mass is 16.5. The molecule has 0 unspecified atom stereocenters. The van der Waals surface area contributed by atoms with E-state index in [4.69, 9.17) is 4.74 Å². The number of carbonyl (C=O) groups excluding carboxylic acids is 2. The van der Waals surface area contributed by atoms with Crippen molar-refractivity contribution in [1.82, 2.24) is 5.32 Å². The Labute approximate surface area is 159 Å². The van der Waals surface area contributed by atoms with Crippen LogP contribution in [0.1, 0.15) is 30.5 Å². The number of aryl methyl sites for hydroxylation is 1. The number of benzene rings is 3. The summed E-state index contributed by atoms with van der Waals surface area (Å²) in [6.45, 7) is 1.67. The largest absolute Gasteiger partial charge is 0.456 e. The molecule has 3 rings (SSSR count). The fraction of sp³-hybridized carbons (Fsp3) is 0.217. The summed E-state index contributed by atoms with van der Waals surface area (Å²) >= 11 is 0. The predicted molar refractivity (Wildman–Crippen MR) is 106 cm³/mol. The van der Waals surface area contributed by atoms with Gasteiger partial charge < -0.3 is 10.1 Å². The summed E-state index contributed by atoms with van der Waals surface area (Å²) in [5, 5.41) is 5.13. The summed E-state index contributed by atoms with van der Waals surface area (Å²) in [5.74, 6) is -0.671. The Balaban J connectivity index is 1.49. The molecule has 27 heavy (non-hydrogen) atoms. The molecule has 0 saturated carbocycles. The second-order valence-corrected chi connectivity index (χ2v) is 6.50. The lowest BCUT2D eigenvalue weighted by molar-refractivity contribution is -0.148. The van der Waals surface area contributed by atoms with Gasteiger partial charge in [0.25, 0.3) is 5.91 Å². The van der Waals surface area contributed by atoms with Gasteiger partial charge in [-0.15, -0.1) is 0 Å². The summed E-state index contributed by atoms with van der Waals surface area (Å²) in [6, 6.07) is 23.6. The lowest BCUT2D eigenvalue weighted by Crippen LogP contribution is -2.31. The number of carbonyl (C=O) groups is 2. The maximum Gasteiger partial charge on any atom is 0.306 e. The minimum atomic E-state index is -0.369. The van der Waals surface area contributed by atoms with Gasteiger partial charge in [-0.3, -0.25) is 9.59 Å². The van der Waals surface area contributed by atoms with Crippen LogP contribution in [0.2, 0.25) is 0 Å². The van der Waals surface area contributed by atoms with E-state index >= 15 is 0 Å². The van der Waals surface area contributed by atoms with Crippen LogP contribution < -0.4 is 5.32 Å². The van der Waals surface area contributed by atoms with Gasteiger partial charge in [-0.2, -0.15) is 0 Å². The minimum Gasteiger partial charge on any atom is -0.456 e. The number of esters is 1. The standard InChI is InChI=1S/C23H23NO3/c1-17(20-13-7-11-19-10-5-6-12-21(19)20)24-22(25)16-27-23(26)15-14-18-8-3-2-4-9-18/h2-13,17H,14-16H2,1H3,(H,24,25)/t17-/m0/s1. The molecule has 0 radical (unpaired) electrons. The van der Waals surface area contributed by atoms with E-state index < -0.39 is 0 Å². The number of hydrogen-bond acceptors (Lipinski definition) is 3. The topological polar surface area (TPSA) is 55.4 Å². The van der Waals surface area contributed by atoms with Crippen LogP contribution in [0.3, 0.4) is 0 Å². The van der Waals surface area contributed by atoms with E-state index in [-0.39, 0.29) is 30.9 Å². The van der Waals surface area contributed by atoms with Crippen LogP contribution >= 0.6 is 0 Å². The molecule has 0 saturated heterocycles. The van der Waals surface area contributed by atoms with Crippen LogP contribution in [0, 0.1) is 0 Å². The van der Waals surface area contributed by atoms with Crippen molar-refractivity contribution in [2.75, 3.05) is 6.61 Å². The van der Waals surface area contributed by atoms with Crippen molar-refractivity contribution < 1.29 is 14.3 Å². The molecule has 4 nitrogen and oxygen atoms in total. The first kappa shape index (κ1) is 18.6. The maximum atomic E-state index is 12.2. The van der Waals surface area contributed by atoms with E-state index in [1.807, 2.05) is 79.7 Å². The first-order valence-electron chi connectivity index (χ1n) is 9.10. The summed E-state index contributed by atoms with van der Waals surface area (Å²) < 4.78 is 5.10. The van der Waals surface area contributed by atoms with Gasteiger partial charge in [0.1, 0.15) is 0 Å². The van der Waals surface area contributed by atoms with Crippen LogP contribution in [0.25, 0.3) is 10.8 Å². The molecule has 0 aliphatic carbocycles. The molecule has 0 aliphatic rings. The highest BCUT2D eigenvalue weighted by Gasteiger charge is 2.14. The van der Waals surface area contributed by atoms with Gasteiger partial charge in [-0.1, -0.05) is 72.8 Å². The Morgan fingerprint density at radius 3 is 2.44 bits per heavy atom. The van der Waals surface area contributed by atoms with E-state index in [1.165, 1.54) is 0 Å². The third-order valence-corrected chi connectivity index (χ3v) is 4.49. The Bertz CT molecular complexity index is 916. The molecule has 0 bridgehead atoms. The molecule has 3 aromatic carbocycles. The van der Waals surface area contributed by atoms with Gasteiger partial charge in [0.05, 0.1) is 6.04 Å². The van der Waals surface area contributed by atoms with Crippen molar-refractivity contribution in [3.05, 3.63) is 83.9 Å². The molecule has 4 heteroatoms. The third kappa shape index (κ3) is 5.17. The molecule has 0 heterocycles. The molecular weight excluding hydrogens is 338 g/mol. The second-order valence-electron chi connectivity index (χ2n) is 6.50. The summed E-state index contributed by atoms with van der Waals surface area (Å²) in [6.07, 6.45) is 0.865. The lowest BCUT2D eigenvalue weighted by Gasteiger charge is -2.16. The van der Waals surface area contributed by atoms with Crippen LogP contribution in [0.4, 0.5) is 0 Å². The molecule has 138 valence electrons. The first-order chi connectivity index (χ1) is 13.1. The first-order valence-corrected chi connectivity index (χ1v) is 9.10. The number of fused-ring (bicyclic) bond motifs is 1. The van der Waals surface area contributed by atoms with Gasteiger partial charge in [0.2, 0.25) is 0 Å². The van der Waals surface area contributed by atoms with Gasteiger partial charge in [-0.05, 0) is 35.2 Å². The van der Waals surface area contributed by atoms with Gasteiger partial charge in [0, 0.05) is 6.42 Å². The quantitative estimate of drug-likeness (QED) is 0.642. The highest BCUT2D eigenvalue weighted by Crippen LogP contribution is 2.23. The van der Waals surface area contributed by atoms with E-state index in [9.17, 15) is 9.59 Å². The number of nitrogens with one attached hydrogen (secondary N) is 1. The maximum absolute atomic E-state index is 12.2. The Morgan fingerprint density at radius 1 is 0.926 bits per heavy atom. The van der Waals surface area contributed by atoms with E-state index in [0.29, 0.717) is 6.42 Å². The molecule has 0 spiro atoms. The van der Waals surface area contributed by atoms with Gasteiger partial charge in [0.15, 0.2) is 6.61 Å². The predicted octanol–water partition coefficient (Wildman–Crippen LogP) is 4.19. The minimum absolute atomic E-state index is 0.174. The average Bonchev–Trinajstić information content (AvgIpc) is 2.71. The molecular formula is C23H23NO3. The molecule has 3 aromatic rings. The van der Waals surface area contributed by atoms with Crippen molar-refractivity contribution in [2.24, 2.45) is 0 Å². The molecule has 1 atom stereocenters. The zero-order chi connectivity index (χ0) is 19.1. The Hall–Kier alpha value is -3.14. The highest BCUT2D eigenvalue weighted by molar-refractivity contribution is 5.87. The summed E-state index contributed by atoms with van der Waals surface area (Å²) in [4.78, 5) is 24.0. The smallest absolute Gasteiger partial charge is 0.306 e. The van der Waals surface area contributed by atoms with Crippen molar-refractivity contribution in [1.29, 1.82) is 0 Å². The van der Waals surface area contributed by atoms with Crippen LogP contribution in [-0.2, 0) is 20.7 Å². The molecule has 1 amide bonds. The third-order valence-electron chi connectivity index (χ3n) is 4.49. The van der Waals surface area contributed by atoms with Crippen LogP contribution in [-0.4, -0.2) is 18.5 Å². The van der Waals surface area contributed by atoms with Crippen LogP contribution in [0.15, 0.2) is 72.8 Å². The van der Waals surface area contributed by atoms with Gasteiger partial charge >= 0.3 is 5.97 Å². The average molecular weight is 361 g/mol. The van der Waals surface area contributed by atoms with E-state index in [2.05, 4.69) is 5.32 Å². The summed E-state index contributed by atoms with van der Waals surface area (Å²) in [5.41, 5.74) is 2.11. The lowest BCUT2D eigenvalue weighted by atomic mass is 10.00. The van der Waals surface area contributed by atoms with Crippen LogP contribution in [0.5, 0.6) is 0 Å². The van der Waals surface area contributed by atoms with Crippen molar-refractivity contribution in [2.45, 2.75) is 25.8 Å². The van der Waals surface area contributed by atoms with Gasteiger partial charge in [-0.25, -0.2) is 0 Å². The van der Waals surface area contributed by atoms with Crippen molar-refractivity contribution in [3.63, 3.8) is 0 Å². The van der Waals surface area contributed by atoms with E-state index in [1.54, 1.807) is 0 Å². The molecule has 0 aliphatic heterocycles. The van der Waals surface area contributed by atoms with E-state index in [0.717, 1.165) is 21.9 Å². The second kappa shape index (κ2) is 8.99. The zero-order valence-electron chi connectivity index (χ0n) is 15.4. The Morgan fingerprint density at radius 2 is 1.63 bits per heavy atom. The number of ether oxygens (including phenoxy) is 1. The monoisotopic (exact) mass is 361 g/mol. The fourth-order valence-corrected chi connectivity index (χ4v) is 3.10. The molecule has 1 N–H and O–H groups in total. The van der Waals surface area contributed by atoms with Crippen molar-refractivity contribution >= 4 is 22.6 Å². The number of amides is 1. The molecule has 0 fully saturated rings. The molecule has 0 aromatic heterocycles. The number of rotatable bonds is 7.